The highest BCUT2D eigenvalue weighted by Gasteiger charge is 2.39. The molecule has 0 aromatic heterocycles. The number of aliphatic hydroxyl groups excluding tert-OH is 1. The lowest BCUT2D eigenvalue weighted by Gasteiger charge is -2.42. The normalized spacial score (nSPS) is 19.4. The topological polar surface area (TPSA) is 71.0 Å². The van der Waals surface area contributed by atoms with Crippen molar-refractivity contribution < 1.29 is 41.3 Å². The Morgan fingerprint density at radius 2 is 1.48 bits per heavy atom. The van der Waals surface area contributed by atoms with Gasteiger partial charge in [0.25, 0.3) is 5.91 Å². The minimum absolute atomic E-state index is 0.00610. The fraction of sp³-hybridized carbons (Fsp3) is 0.270. The molecule has 0 spiro atoms. The van der Waals surface area contributed by atoms with Crippen molar-refractivity contribution in [2.24, 2.45) is 5.92 Å². The van der Waals surface area contributed by atoms with Gasteiger partial charge in [-0.15, -0.1) is 6.58 Å². The quantitative estimate of drug-likeness (QED) is 0.0757. The molecule has 1 aliphatic rings. The Labute approximate surface area is 275 Å². The third-order valence-corrected chi connectivity index (χ3v) is 8.36. The first-order valence-corrected chi connectivity index (χ1v) is 15.3. The Hall–Kier alpha value is -4.42. The van der Waals surface area contributed by atoms with E-state index in [1.165, 1.54) is 0 Å². The summed E-state index contributed by atoms with van der Waals surface area (Å²) in [6, 6.07) is 22.1. The second-order valence-electron chi connectivity index (χ2n) is 11.8. The van der Waals surface area contributed by atoms with Crippen LogP contribution in [0.4, 0.5) is 22.0 Å². The van der Waals surface area contributed by atoms with Gasteiger partial charge in [0.15, 0.2) is 29.6 Å². The van der Waals surface area contributed by atoms with E-state index in [9.17, 15) is 31.9 Å². The average Bonchev–Trinajstić information content (AvgIpc) is 3.10. The summed E-state index contributed by atoms with van der Waals surface area (Å²) in [4.78, 5) is 14.6. The lowest BCUT2D eigenvalue weighted by molar-refractivity contribution is -0.275. The van der Waals surface area contributed by atoms with Gasteiger partial charge in [0.05, 0.1) is 18.8 Å². The van der Waals surface area contributed by atoms with Crippen LogP contribution in [0.3, 0.4) is 0 Å². The van der Waals surface area contributed by atoms with Crippen molar-refractivity contribution >= 4 is 5.91 Å². The molecule has 1 aliphatic heterocycles. The molecule has 1 saturated heterocycles. The number of carbonyl (C=O) groups is 1. The molecule has 4 aromatic rings. The van der Waals surface area contributed by atoms with Crippen molar-refractivity contribution in [3.63, 3.8) is 0 Å². The summed E-state index contributed by atoms with van der Waals surface area (Å²) in [6.45, 7) is 6.93. The number of nitrogens with one attached hydrogen (secondary N) is 1. The Bertz CT molecular complexity index is 1760. The van der Waals surface area contributed by atoms with Crippen LogP contribution in [0.15, 0.2) is 85.5 Å². The lowest BCUT2D eigenvalue weighted by atomic mass is 9.90. The highest BCUT2D eigenvalue weighted by molar-refractivity contribution is 5.94. The van der Waals surface area contributed by atoms with Crippen molar-refractivity contribution in [1.29, 1.82) is 0 Å². The van der Waals surface area contributed by atoms with E-state index in [2.05, 4.69) is 23.7 Å². The van der Waals surface area contributed by atoms with E-state index in [1.54, 1.807) is 18.2 Å². The summed E-state index contributed by atoms with van der Waals surface area (Å²) in [5, 5.41) is 11.7. The van der Waals surface area contributed by atoms with E-state index in [0.717, 1.165) is 27.8 Å². The largest absolute Gasteiger partial charge is 0.392 e. The molecule has 2 N–H and O–H groups in total. The molecule has 5 rings (SSSR count). The molecule has 0 bridgehead atoms. The summed E-state index contributed by atoms with van der Waals surface area (Å²) in [5.41, 5.74) is 3.01. The van der Waals surface area contributed by atoms with E-state index in [1.807, 2.05) is 67.7 Å². The van der Waals surface area contributed by atoms with Crippen LogP contribution in [-0.2, 0) is 22.6 Å². The fourth-order valence-corrected chi connectivity index (χ4v) is 5.73. The molecular weight excluding hydrogens is 631 g/mol. The maximum atomic E-state index is 14.1. The predicted octanol–water partition coefficient (Wildman–Crippen LogP) is 7.38. The first kappa shape index (κ1) is 34.9. The van der Waals surface area contributed by atoms with Crippen LogP contribution in [-0.4, -0.2) is 42.2 Å². The van der Waals surface area contributed by atoms with Gasteiger partial charge in [-0.05, 0) is 47.0 Å². The highest BCUT2D eigenvalue weighted by Crippen LogP contribution is 2.42. The van der Waals surface area contributed by atoms with Gasteiger partial charge >= 0.3 is 0 Å². The van der Waals surface area contributed by atoms with Crippen LogP contribution in [0.25, 0.3) is 11.1 Å². The van der Waals surface area contributed by atoms with Crippen molar-refractivity contribution in [2.75, 3.05) is 20.1 Å². The third kappa shape index (κ3) is 7.50. The summed E-state index contributed by atoms with van der Waals surface area (Å²) < 4.78 is 82.0. The maximum Gasteiger partial charge on any atom is 0.257 e. The molecule has 6 nitrogen and oxygen atoms in total. The second-order valence-corrected chi connectivity index (χ2v) is 11.8. The van der Waals surface area contributed by atoms with Gasteiger partial charge in [-0.1, -0.05) is 73.7 Å². The second kappa shape index (κ2) is 15.2. The van der Waals surface area contributed by atoms with Crippen molar-refractivity contribution in [1.82, 2.24) is 10.2 Å². The molecule has 1 amide bonds. The minimum Gasteiger partial charge on any atom is -0.392 e. The van der Waals surface area contributed by atoms with Crippen molar-refractivity contribution in [2.45, 2.75) is 38.6 Å². The molecule has 0 saturated carbocycles. The van der Waals surface area contributed by atoms with Crippen LogP contribution in [0, 0.1) is 35.0 Å². The van der Waals surface area contributed by atoms with Crippen molar-refractivity contribution in [3.05, 3.63) is 142 Å². The van der Waals surface area contributed by atoms with E-state index < -0.39 is 46.8 Å². The number of benzene rings is 4. The van der Waals surface area contributed by atoms with Crippen LogP contribution >= 0.6 is 0 Å². The first-order chi connectivity index (χ1) is 23.0. The molecule has 0 unspecified atom stereocenters. The molecule has 252 valence electrons. The van der Waals surface area contributed by atoms with Gasteiger partial charge in [-0.25, -0.2) is 22.0 Å². The lowest BCUT2D eigenvalue weighted by Crippen LogP contribution is -2.43. The summed E-state index contributed by atoms with van der Waals surface area (Å²) in [6.07, 6.45) is 0.625. The zero-order valence-corrected chi connectivity index (χ0v) is 26.4. The highest BCUT2D eigenvalue weighted by atomic mass is 19.2. The molecule has 4 atom stereocenters. The number of likely N-dealkylation sites (N-methyl/N-ethyl adjacent to an activating group) is 1. The summed E-state index contributed by atoms with van der Waals surface area (Å²) in [5.74, 6) is -12.6. The van der Waals surface area contributed by atoms with E-state index in [-0.39, 0.29) is 31.3 Å². The zero-order chi connectivity index (χ0) is 34.5. The van der Waals surface area contributed by atoms with Gasteiger partial charge < -0.3 is 24.8 Å². The van der Waals surface area contributed by atoms with Crippen LogP contribution in [0.1, 0.15) is 51.9 Å². The zero-order valence-electron chi connectivity index (χ0n) is 26.4. The Kier molecular flexibility index (Phi) is 11.1. The van der Waals surface area contributed by atoms with E-state index in [0.29, 0.717) is 18.7 Å². The Balaban J connectivity index is 1.37. The van der Waals surface area contributed by atoms with Crippen LogP contribution in [0.2, 0.25) is 0 Å². The van der Waals surface area contributed by atoms with Crippen LogP contribution < -0.4 is 5.32 Å². The molecule has 0 radical (unpaired) electrons. The number of hydrogen-bond donors (Lipinski definition) is 2. The number of ether oxygens (including phenoxy) is 2. The number of halogens is 5. The van der Waals surface area contributed by atoms with Gasteiger partial charge in [-0.2, -0.15) is 0 Å². The van der Waals surface area contributed by atoms with Gasteiger partial charge in [-0.3, -0.25) is 4.79 Å². The summed E-state index contributed by atoms with van der Waals surface area (Å²) >= 11 is 0. The number of rotatable bonds is 11. The average molecular weight is 667 g/mol. The maximum absolute atomic E-state index is 14.1. The summed E-state index contributed by atoms with van der Waals surface area (Å²) in [7, 11) is 1.99. The first-order valence-electron chi connectivity index (χ1n) is 15.3. The molecule has 1 heterocycles. The number of hydrogen-bond acceptors (Lipinski definition) is 5. The Morgan fingerprint density at radius 3 is 2.12 bits per heavy atom. The fourth-order valence-electron chi connectivity index (χ4n) is 5.73. The SMILES string of the molecule is C=CCN(C)C[C@@H]1O[C@H](c2cccc(-c3cccc(CNC(=O)c4c(F)c(F)c(F)c(F)c4F)c3)c2)O[C@H](c2ccc(CO)cc2)[C@@H]1C. The van der Waals surface area contributed by atoms with E-state index in [4.69, 9.17) is 9.47 Å². The number of carbonyl (C=O) groups excluding carboxylic acids is 1. The number of amides is 1. The van der Waals surface area contributed by atoms with Gasteiger partial charge in [0.1, 0.15) is 5.56 Å². The molecule has 0 aliphatic carbocycles. The third-order valence-electron chi connectivity index (χ3n) is 8.36. The van der Waals surface area contributed by atoms with Crippen molar-refractivity contribution in [3.8, 4) is 11.1 Å². The molecule has 48 heavy (non-hydrogen) atoms. The smallest absolute Gasteiger partial charge is 0.257 e. The number of nitrogens with zero attached hydrogens (tertiary/aromatic N) is 1. The molecule has 1 fully saturated rings. The van der Waals surface area contributed by atoms with Crippen LogP contribution in [0.5, 0.6) is 0 Å². The monoisotopic (exact) mass is 666 g/mol. The molecular formula is C37H35F5N2O4. The standard InChI is InChI=1S/C37H35F5N2O4/c1-4-15-44(3)19-28-21(2)35(24-13-11-22(20-45)12-14-24)48-37(47-28)27-10-6-9-26(17-27)25-8-5-7-23(16-25)18-43-36(46)29-30(38)32(40)34(42)33(41)31(29)39/h4-14,16-17,21,28,35,37,45H,1,15,18-20H2,2-3H3,(H,43,46)/t21-,28+,35+,37+/m1/s1. The molecule has 11 heteroatoms. The van der Waals surface area contributed by atoms with E-state index >= 15 is 0 Å². The predicted molar refractivity (Wildman–Crippen MR) is 170 cm³/mol. The minimum atomic E-state index is -2.34. The molecule has 4 aromatic carbocycles. The Morgan fingerprint density at radius 1 is 0.854 bits per heavy atom. The van der Waals surface area contributed by atoms with Gasteiger partial charge in [0.2, 0.25) is 5.82 Å². The number of aliphatic hydroxyl groups is 1. The van der Waals surface area contributed by atoms with Gasteiger partial charge in [0, 0.05) is 31.1 Å².